The molecule has 1 aromatic carbocycles. The molecule has 30 heavy (non-hydrogen) atoms. The summed E-state index contributed by atoms with van der Waals surface area (Å²) < 4.78 is 10.5. The lowest BCUT2D eigenvalue weighted by molar-refractivity contribution is -0.126. The smallest absolute Gasteiger partial charge is 0.238 e. The van der Waals surface area contributed by atoms with Crippen LogP contribution in [0.4, 0.5) is 5.69 Å². The number of benzene rings is 1. The Kier molecular flexibility index (Phi) is 7.62. The fraction of sp³-hybridized carbons (Fsp3) is 0.409. The lowest BCUT2D eigenvalue weighted by Gasteiger charge is -2.30. The monoisotopic (exact) mass is 412 g/mol. The van der Waals surface area contributed by atoms with Gasteiger partial charge >= 0.3 is 0 Å². The van der Waals surface area contributed by atoms with Gasteiger partial charge in [0.1, 0.15) is 0 Å². The number of nitrogens with one attached hydrogen (secondary N) is 2. The van der Waals surface area contributed by atoms with Crippen LogP contribution in [0.5, 0.6) is 11.5 Å². The Hall–Kier alpha value is -3.13. The van der Waals surface area contributed by atoms with Gasteiger partial charge in [-0.1, -0.05) is 0 Å². The average molecular weight is 412 g/mol. The fourth-order valence-electron chi connectivity index (χ4n) is 3.51. The maximum atomic E-state index is 12.4. The second-order valence-electron chi connectivity index (χ2n) is 7.24. The highest BCUT2D eigenvalue weighted by Crippen LogP contribution is 2.29. The van der Waals surface area contributed by atoms with Crippen molar-refractivity contribution < 1.29 is 19.1 Å². The molecule has 160 valence electrons. The second-order valence-corrected chi connectivity index (χ2v) is 7.24. The number of likely N-dealkylation sites (tertiary alicyclic amines) is 1. The largest absolute Gasteiger partial charge is 0.493 e. The highest BCUT2D eigenvalue weighted by molar-refractivity contribution is 5.92. The third-order valence-electron chi connectivity index (χ3n) is 5.21. The summed E-state index contributed by atoms with van der Waals surface area (Å²) in [6, 6.07) is 9.04. The Balaban J connectivity index is 1.42. The van der Waals surface area contributed by atoms with Crippen molar-refractivity contribution in [3.05, 3.63) is 48.3 Å². The molecule has 8 nitrogen and oxygen atoms in total. The number of rotatable bonds is 8. The van der Waals surface area contributed by atoms with Crippen LogP contribution in [-0.2, 0) is 16.1 Å². The van der Waals surface area contributed by atoms with Gasteiger partial charge < -0.3 is 20.1 Å². The SMILES string of the molecule is COc1ccc(NC(=O)CN2CCC(C(=O)NCc3ccncc3)CC2)cc1OC. The molecule has 2 aromatic rings. The van der Waals surface area contributed by atoms with Gasteiger partial charge in [-0.15, -0.1) is 0 Å². The first kappa shape index (κ1) is 21.6. The van der Waals surface area contributed by atoms with Gasteiger partial charge in [0.05, 0.1) is 20.8 Å². The zero-order chi connectivity index (χ0) is 21.3. The van der Waals surface area contributed by atoms with Crippen LogP contribution in [-0.4, -0.2) is 55.6 Å². The molecule has 0 unspecified atom stereocenters. The molecule has 1 aliphatic rings. The van der Waals surface area contributed by atoms with Gasteiger partial charge in [-0.25, -0.2) is 0 Å². The van der Waals surface area contributed by atoms with Crippen molar-refractivity contribution in [1.29, 1.82) is 0 Å². The summed E-state index contributed by atoms with van der Waals surface area (Å²) in [5, 5.41) is 5.88. The Morgan fingerprint density at radius 1 is 1.07 bits per heavy atom. The van der Waals surface area contributed by atoms with E-state index in [1.807, 2.05) is 12.1 Å². The molecule has 0 bridgehead atoms. The highest BCUT2D eigenvalue weighted by Gasteiger charge is 2.25. The number of piperidine rings is 1. The van der Waals surface area contributed by atoms with E-state index in [0.717, 1.165) is 18.4 Å². The van der Waals surface area contributed by atoms with E-state index in [2.05, 4.69) is 20.5 Å². The molecule has 0 aliphatic carbocycles. The molecule has 1 aliphatic heterocycles. The number of nitrogens with zero attached hydrogens (tertiary/aromatic N) is 2. The van der Waals surface area contributed by atoms with Crippen LogP contribution in [0, 0.1) is 5.92 Å². The molecule has 1 saturated heterocycles. The van der Waals surface area contributed by atoms with Crippen molar-refractivity contribution in [3.63, 3.8) is 0 Å². The number of pyridine rings is 1. The van der Waals surface area contributed by atoms with Crippen molar-refractivity contribution in [1.82, 2.24) is 15.2 Å². The number of aromatic nitrogens is 1. The summed E-state index contributed by atoms with van der Waals surface area (Å²) in [5.74, 6) is 1.13. The fourth-order valence-corrected chi connectivity index (χ4v) is 3.51. The summed E-state index contributed by atoms with van der Waals surface area (Å²) in [4.78, 5) is 30.9. The molecule has 8 heteroatoms. The summed E-state index contributed by atoms with van der Waals surface area (Å²) in [5.41, 5.74) is 1.69. The van der Waals surface area contributed by atoms with Gasteiger partial charge in [-0.05, 0) is 55.8 Å². The van der Waals surface area contributed by atoms with E-state index in [0.29, 0.717) is 43.4 Å². The van der Waals surface area contributed by atoms with Crippen LogP contribution < -0.4 is 20.1 Å². The zero-order valence-electron chi connectivity index (χ0n) is 17.4. The van der Waals surface area contributed by atoms with Crippen LogP contribution in [0.1, 0.15) is 18.4 Å². The van der Waals surface area contributed by atoms with E-state index in [4.69, 9.17) is 9.47 Å². The molecule has 1 aromatic heterocycles. The Labute approximate surface area is 176 Å². The highest BCUT2D eigenvalue weighted by atomic mass is 16.5. The lowest BCUT2D eigenvalue weighted by Crippen LogP contribution is -2.43. The maximum absolute atomic E-state index is 12.4. The Morgan fingerprint density at radius 3 is 2.43 bits per heavy atom. The molecule has 0 spiro atoms. The number of amides is 2. The minimum absolute atomic E-state index is 0.0167. The normalized spacial score (nSPS) is 14.7. The van der Waals surface area contributed by atoms with Crippen LogP contribution in [0.25, 0.3) is 0 Å². The van der Waals surface area contributed by atoms with Gasteiger partial charge in [0.2, 0.25) is 11.8 Å². The summed E-state index contributed by atoms with van der Waals surface area (Å²) in [6.45, 7) is 2.23. The first-order valence-corrected chi connectivity index (χ1v) is 10.00. The average Bonchev–Trinajstić information content (AvgIpc) is 2.78. The van der Waals surface area contributed by atoms with Gasteiger partial charge in [0, 0.05) is 36.6 Å². The van der Waals surface area contributed by atoms with Crippen molar-refractivity contribution in [2.45, 2.75) is 19.4 Å². The number of carbonyl (C=O) groups is 2. The number of carbonyl (C=O) groups excluding carboxylic acids is 2. The van der Waals surface area contributed by atoms with Crippen LogP contribution in [0.3, 0.4) is 0 Å². The third kappa shape index (κ3) is 5.93. The predicted molar refractivity (Wildman–Crippen MR) is 113 cm³/mol. The number of ether oxygens (including phenoxy) is 2. The zero-order valence-corrected chi connectivity index (χ0v) is 17.4. The quantitative estimate of drug-likeness (QED) is 0.690. The Bertz CT molecular complexity index is 851. The standard InChI is InChI=1S/C22H28N4O4/c1-29-19-4-3-18(13-20(19)30-2)25-21(27)15-26-11-7-17(8-12-26)22(28)24-14-16-5-9-23-10-6-16/h3-6,9-10,13,17H,7-8,11-12,14-15H2,1-2H3,(H,24,28)(H,25,27). The molecule has 0 saturated carbocycles. The van der Waals surface area contributed by atoms with Crippen molar-refractivity contribution >= 4 is 17.5 Å². The first-order chi connectivity index (χ1) is 14.6. The Morgan fingerprint density at radius 2 is 1.77 bits per heavy atom. The molecule has 0 atom stereocenters. The molecule has 2 amide bonds. The van der Waals surface area contributed by atoms with E-state index in [1.165, 1.54) is 0 Å². The van der Waals surface area contributed by atoms with E-state index in [-0.39, 0.29) is 17.7 Å². The molecule has 2 N–H and O–H groups in total. The van der Waals surface area contributed by atoms with Crippen LogP contribution in [0.2, 0.25) is 0 Å². The maximum Gasteiger partial charge on any atom is 0.238 e. The van der Waals surface area contributed by atoms with Gasteiger partial charge in [0.25, 0.3) is 0 Å². The molecule has 1 fully saturated rings. The summed E-state index contributed by atoms with van der Waals surface area (Å²) >= 11 is 0. The van der Waals surface area contributed by atoms with Gasteiger partial charge in [-0.2, -0.15) is 0 Å². The molecule has 2 heterocycles. The number of anilines is 1. The van der Waals surface area contributed by atoms with Gasteiger partial charge in [0.15, 0.2) is 11.5 Å². The van der Waals surface area contributed by atoms with Crippen LogP contribution in [0.15, 0.2) is 42.7 Å². The summed E-state index contributed by atoms with van der Waals surface area (Å²) in [6.07, 6.45) is 4.91. The second kappa shape index (κ2) is 10.6. The molecular weight excluding hydrogens is 384 g/mol. The van der Waals surface area contributed by atoms with Crippen molar-refractivity contribution in [2.75, 3.05) is 39.2 Å². The van der Waals surface area contributed by atoms with E-state index in [1.54, 1.807) is 44.8 Å². The van der Waals surface area contributed by atoms with Crippen LogP contribution >= 0.6 is 0 Å². The predicted octanol–water partition coefficient (Wildman–Crippen LogP) is 2.07. The minimum atomic E-state index is -0.0946. The van der Waals surface area contributed by atoms with E-state index < -0.39 is 0 Å². The minimum Gasteiger partial charge on any atom is -0.493 e. The lowest BCUT2D eigenvalue weighted by atomic mass is 9.96. The molecule has 3 rings (SSSR count). The van der Waals surface area contributed by atoms with Gasteiger partial charge in [-0.3, -0.25) is 19.5 Å². The first-order valence-electron chi connectivity index (χ1n) is 10.00. The van der Waals surface area contributed by atoms with E-state index in [9.17, 15) is 9.59 Å². The number of methoxy groups -OCH3 is 2. The van der Waals surface area contributed by atoms with E-state index >= 15 is 0 Å². The van der Waals surface area contributed by atoms with Crippen molar-refractivity contribution in [2.24, 2.45) is 5.92 Å². The molecule has 0 radical (unpaired) electrons. The van der Waals surface area contributed by atoms with Crippen molar-refractivity contribution in [3.8, 4) is 11.5 Å². The number of hydrogen-bond donors (Lipinski definition) is 2. The summed E-state index contributed by atoms with van der Waals surface area (Å²) in [7, 11) is 3.12. The molecular formula is C22H28N4O4. The third-order valence-corrected chi connectivity index (χ3v) is 5.21. The topological polar surface area (TPSA) is 92.8 Å². The number of hydrogen-bond acceptors (Lipinski definition) is 6.